The van der Waals surface area contributed by atoms with Crippen LogP contribution in [0.1, 0.15) is 64.5 Å². The van der Waals surface area contributed by atoms with Gasteiger partial charge in [0, 0.05) is 0 Å². The van der Waals surface area contributed by atoms with Gasteiger partial charge in [-0.15, -0.1) is 0 Å². The molecule has 0 aliphatic carbocycles. The Morgan fingerprint density at radius 2 is 1.59 bits per heavy atom. The van der Waals surface area contributed by atoms with E-state index in [-0.39, 0.29) is 12.0 Å². The van der Waals surface area contributed by atoms with E-state index in [1.807, 2.05) is 24.3 Å². The summed E-state index contributed by atoms with van der Waals surface area (Å²) in [5.74, 6) is -5.40. The van der Waals surface area contributed by atoms with Crippen molar-refractivity contribution in [1.82, 2.24) is 0 Å². The summed E-state index contributed by atoms with van der Waals surface area (Å²) in [6.07, 6.45) is -3.63. The number of alkyl halides is 5. The molecular formula is C26H33F5O3. The van der Waals surface area contributed by atoms with Gasteiger partial charge in [-0.1, -0.05) is 71.4 Å². The molecular weight excluding hydrogens is 455 g/mol. The van der Waals surface area contributed by atoms with Crippen LogP contribution in [0.2, 0.25) is 0 Å². The minimum absolute atomic E-state index is 0.0126. The predicted molar refractivity (Wildman–Crippen MR) is 122 cm³/mol. The minimum atomic E-state index is -5.78. The maximum atomic E-state index is 12.8. The zero-order chi connectivity index (χ0) is 25.7. The lowest BCUT2D eigenvalue weighted by atomic mass is 9.69. The van der Waals surface area contributed by atoms with Crippen LogP contribution in [0.5, 0.6) is 0 Å². The van der Waals surface area contributed by atoms with Crippen LogP contribution in [-0.2, 0) is 20.9 Å². The fourth-order valence-electron chi connectivity index (χ4n) is 3.79. The molecule has 8 heteroatoms. The van der Waals surface area contributed by atoms with Gasteiger partial charge in [0.2, 0.25) is 0 Å². The number of hydrogen-bond acceptors (Lipinski definition) is 3. The number of carbonyl (C=O) groups is 1. The van der Waals surface area contributed by atoms with Gasteiger partial charge >= 0.3 is 18.1 Å². The number of ether oxygens (including phenoxy) is 2. The summed E-state index contributed by atoms with van der Waals surface area (Å²) in [7, 11) is 0. The molecule has 3 nitrogen and oxygen atoms in total. The largest absolute Gasteiger partial charge is 0.457 e. The van der Waals surface area contributed by atoms with Crippen molar-refractivity contribution in [1.29, 1.82) is 0 Å². The van der Waals surface area contributed by atoms with Crippen LogP contribution in [0.3, 0.4) is 0 Å². The summed E-state index contributed by atoms with van der Waals surface area (Å²) in [6, 6.07) is 12.0. The first-order valence-electron chi connectivity index (χ1n) is 11.4. The van der Waals surface area contributed by atoms with E-state index in [9.17, 15) is 26.7 Å². The van der Waals surface area contributed by atoms with Crippen molar-refractivity contribution in [3.8, 4) is 0 Å². The standard InChI is InChI=1S/C26H33F5O3/c1-6-24(4,5)22(11-17(2)3)21-10-9-19-12-18(7-8-20(19)13-21)14-33-15-23(32)34-16-25(27,28)26(29,30)31/h7-10,12-13,17,22H,6,11,14-16H2,1-5H3. The Balaban J connectivity index is 2.01. The van der Waals surface area contributed by atoms with Crippen LogP contribution in [0.4, 0.5) is 22.0 Å². The third-order valence-electron chi connectivity index (χ3n) is 6.21. The molecule has 0 spiro atoms. The van der Waals surface area contributed by atoms with Crippen molar-refractivity contribution >= 4 is 16.7 Å². The van der Waals surface area contributed by atoms with E-state index in [0.29, 0.717) is 11.8 Å². The Bertz CT molecular complexity index is 967. The molecule has 2 rings (SSSR count). The fourth-order valence-corrected chi connectivity index (χ4v) is 3.79. The Labute approximate surface area is 197 Å². The topological polar surface area (TPSA) is 35.5 Å². The molecule has 0 aromatic heterocycles. The molecule has 34 heavy (non-hydrogen) atoms. The third kappa shape index (κ3) is 7.39. The molecule has 0 saturated carbocycles. The van der Waals surface area contributed by atoms with E-state index < -0.39 is 31.3 Å². The van der Waals surface area contributed by atoms with Crippen LogP contribution < -0.4 is 0 Å². The van der Waals surface area contributed by atoms with Gasteiger partial charge in [-0.2, -0.15) is 22.0 Å². The van der Waals surface area contributed by atoms with Crippen molar-refractivity contribution in [2.75, 3.05) is 13.2 Å². The zero-order valence-electron chi connectivity index (χ0n) is 20.3. The minimum Gasteiger partial charge on any atom is -0.457 e. The van der Waals surface area contributed by atoms with Crippen molar-refractivity contribution in [3.05, 3.63) is 47.5 Å². The van der Waals surface area contributed by atoms with Crippen molar-refractivity contribution in [2.45, 2.75) is 72.1 Å². The number of carbonyl (C=O) groups excluding carboxylic acids is 1. The second kappa shape index (κ2) is 11.0. The Morgan fingerprint density at radius 1 is 0.971 bits per heavy atom. The van der Waals surface area contributed by atoms with Gasteiger partial charge in [-0.3, -0.25) is 0 Å². The first-order chi connectivity index (χ1) is 15.7. The lowest BCUT2D eigenvalue weighted by Gasteiger charge is -2.35. The van der Waals surface area contributed by atoms with E-state index in [4.69, 9.17) is 4.74 Å². The second-order valence-corrected chi connectivity index (χ2v) is 9.82. The number of fused-ring (bicyclic) bond motifs is 1. The maximum absolute atomic E-state index is 12.8. The molecule has 0 aliphatic rings. The van der Waals surface area contributed by atoms with Crippen LogP contribution in [-0.4, -0.2) is 31.3 Å². The molecule has 2 aromatic carbocycles. The van der Waals surface area contributed by atoms with Crippen molar-refractivity contribution in [3.63, 3.8) is 0 Å². The lowest BCUT2D eigenvalue weighted by Crippen LogP contribution is -2.41. The van der Waals surface area contributed by atoms with Crippen LogP contribution in [0.25, 0.3) is 10.8 Å². The number of esters is 1. The van der Waals surface area contributed by atoms with Crippen LogP contribution in [0, 0.1) is 11.3 Å². The average molecular weight is 489 g/mol. The van der Waals surface area contributed by atoms with Gasteiger partial charge in [-0.25, -0.2) is 4.79 Å². The summed E-state index contributed by atoms with van der Waals surface area (Å²) < 4.78 is 71.1. The zero-order valence-corrected chi connectivity index (χ0v) is 20.3. The summed E-state index contributed by atoms with van der Waals surface area (Å²) in [5.41, 5.74) is 2.18. The van der Waals surface area contributed by atoms with Gasteiger partial charge in [0.25, 0.3) is 0 Å². The van der Waals surface area contributed by atoms with Gasteiger partial charge in [-0.05, 0) is 51.6 Å². The van der Waals surface area contributed by atoms with Gasteiger partial charge in [0.05, 0.1) is 6.61 Å². The monoisotopic (exact) mass is 488 g/mol. The highest BCUT2D eigenvalue weighted by molar-refractivity contribution is 5.84. The molecule has 0 bridgehead atoms. The lowest BCUT2D eigenvalue weighted by molar-refractivity contribution is -0.294. The van der Waals surface area contributed by atoms with E-state index in [1.54, 1.807) is 0 Å². The van der Waals surface area contributed by atoms with Crippen molar-refractivity contribution in [2.24, 2.45) is 11.3 Å². The molecule has 0 aliphatic heterocycles. The molecule has 1 unspecified atom stereocenters. The summed E-state index contributed by atoms with van der Waals surface area (Å²) in [4.78, 5) is 11.5. The number of hydrogen-bond donors (Lipinski definition) is 0. The summed E-state index contributed by atoms with van der Waals surface area (Å²) in [5, 5.41) is 2.05. The maximum Gasteiger partial charge on any atom is 0.456 e. The third-order valence-corrected chi connectivity index (χ3v) is 6.21. The first kappa shape index (κ1) is 28.0. The van der Waals surface area contributed by atoms with E-state index in [0.717, 1.165) is 29.2 Å². The fraction of sp³-hybridized carbons (Fsp3) is 0.577. The SMILES string of the molecule is CCC(C)(C)C(CC(C)C)c1ccc2cc(COCC(=O)OCC(F)(F)C(F)(F)F)ccc2c1. The number of benzene rings is 2. The first-order valence-corrected chi connectivity index (χ1v) is 11.4. The Hall–Kier alpha value is -2.22. The molecule has 0 heterocycles. The number of halogens is 5. The highest BCUT2D eigenvalue weighted by Crippen LogP contribution is 2.43. The highest BCUT2D eigenvalue weighted by Gasteiger charge is 2.58. The van der Waals surface area contributed by atoms with E-state index in [1.165, 1.54) is 5.56 Å². The van der Waals surface area contributed by atoms with Gasteiger partial charge in [0.1, 0.15) is 6.61 Å². The van der Waals surface area contributed by atoms with Gasteiger partial charge < -0.3 is 9.47 Å². The van der Waals surface area contributed by atoms with Crippen LogP contribution in [0.15, 0.2) is 36.4 Å². The molecule has 0 fully saturated rings. The molecule has 2 aromatic rings. The number of rotatable bonds is 11. The second-order valence-electron chi connectivity index (χ2n) is 9.82. The molecule has 0 amide bonds. The highest BCUT2D eigenvalue weighted by atomic mass is 19.4. The molecule has 0 radical (unpaired) electrons. The van der Waals surface area contributed by atoms with Crippen molar-refractivity contribution < 1.29 is 36.2 Å². The van der Waals surface area contributed by atoms with E-state index >= 15 is 0 Å². The summed E-state index contributed by atoms with van der Waals surface area (Å²) in [6.45, 7) is 8.43. The van der Waals surface area contributed by atoms with E-state index in [2.05, 4.69) is 51.5 Å². The van der Waals surface area contributed by atoms with Gasteiger partial charge in [0.15, 0.2) is 6.61 Å². The average Bonchev–Trinajstić information content (AvgIpc) is 2.74. The molecule has 1 atom stereocenters. The Morgan fingerprint density at radius 3 is 2.18 bits per heavy atom. The quantitative estimate of drug-likeness (QED) is 0.241. The normalized spacial score (nSPS) is 14.0. The predicted octanol–water partition coefficient (Wildman–Crippen LogP) is 7.66. The smallest absolute Gasteiger partial charge is 0.456 e. The molecule has 190 valence electrons. The summed E-state index contributed by atoms with van der Waals surface area (Å²) >= 11 is 0. The Kier molecular flexibility index (Phi) is 9.08. The molecule has 0 N–H and O–H groups in total. The molecule has 0 saturated heterocycles. The van der Waals surface area contributed by atoms with Crippen LogP contribution >= 0.6 is 0 Å².